The van der Waals surface area contributed by atoms with Gasteiger partial charge >= 0.3 is 0 Å². The number of allylic oxidation sites excluding steroid dienone is 4. The standard InChI is InChI=1S/C16H18ClN3O2/c1-4-22-16-9-14(15(20(2)3)8-12(16)18)19-13-6-5-10(21)7-11(13)17/h5-9H,4,18H2,1-3H3. The molecule has 0 aliphatic heterocycles. The Labute approximate surface area is 134 Å². The van der Waals surface area contributed by atoms with Crippen molar-refractivity contribution in [1.29, 1.82) is 0 Å². The number of aliphatic imine (C=N–C) groups is 1. The zero-order valence-corrected chi connectivity index (χ0v) is 13.5. The third kappa shape index (κ3) is 3.49. The Balaban J connectivity index is 2.53. The van der Waals surface area contributed by atoms with E-state index < -0.39 is 0 Å². The second kappa shape index (κ2) is 6.66. The zero-order valence-electron chi connectivity index (χ0n) is 12.8. The smallest absolute Gasteiger partial charge is 0.180 e. The van der Waals surface area contributed by atoms with Gasteiger partial charge in [0.05, 0.1) is 34.4 Å². The van der Waals surface area contributed by atoms with Gasteiger partial charge in [-0.05, 0) is 25.1 Å². The Morgan fingerprint density at radius 3 is 2.64 bits per heavy atom. The minimum Gasteiger partial charge on any atom is -0.492 e. The summed E-state index contributed by atoms with van der Waals surface area (Å²) in [4.78, 5) is 17.7. The van der Waals surface area contributed by atoms with Crippen LogP contribution >= 0.6 is 11.6 Å². The molecule has 0 fully saturated rings. The van der Waals surface area contributed by atoms with Crippen molar-refractivity contribution in [2.24, 2.45) is 4.99 Å². The van der Waals surface area contributed by atoms with Crippen LogP contribution in [0.4, 0.5) is 17.1 Å². The Hall–Kier alpha value is -2.27. The van der Waals surface area contributed by atoms with Gasteiger partial charge in [-0.15, -0.1) is 0 Å². The lowest BCUT2D eigenvalue weighted by atomic mass is 10.1. The van der Waals surface area contributed by atoms with E-state index >= 15 is 0 Å². The fourth-order valence-corrected chi connectivity index (χ4v) is 2.22. The quantitative estimate of drug-likeness (QED) is 0.684. The van der Waals surface area contributed by atoms with Crippen LogP contribution in [0.25, 0.3) is 0 Å². The molecule has 0 bridgehead atoms. The monoisotopic (exact) mass is 319 g/mol. The first-order chi connectivity index (χ1) is 10.4. The van der Waals surface area contributed by atoms with Crippen molar-refractivity contribution in [3.05, 3.63) is 35.4 Å². The number of hydrogen-bond acceptors (Lipinski definition) is 5. The lowest BCUT2D eigenvalue weighted by molar-refractivity contribution is -0.110. The largest absolute Gasteiger partial charge is 0.492 e. The van der Waals surface area contributed by atoms with Crippen molar-refractivity contribution in [2.45, 2.75) is 6.92 Å². The van der Waals surface area contributed by atoms with E-state index in [0.717, 1.165) is 5.69 Å². The van der Waals surface area contributed by atoms with Crippen LogP contribution in [-0.4, -0.2) is 32.2 Å². The number of carbonyl (C=O) groups excluding carboxylic acids is 1. The molecule has 1 aromatic rings. The molecule has 2 N–H and O–H groups in total. The van der Waals surface area contributed by atoms with Crippen LogP contribution in [0.15, 0.2) is 40.4 Å². The number of anilines is 2. The summed E-state index contributed by atoms with van der Waals surface area (Å²) in [6, 6.07) is 3.58. The van der Waals surface area contributed by atoms with Crippen LogP contribution in [0.1, 0.15) is 6.92 Å². The normalized spacial score (nSPS) is 15.9. The third-order valence-electron chi connectivity index (χ3n) is 3.05. The number of nitrogen functional groups attached to an aromatic ring is 1. The molecule has 0 saturated heterocycles. The molecule has 22 heavy (non-hydrogen) atoms. The SMILES string of the molecule is CCOc1cc(N=C2C=CC(=O)C=C2Cl)c(N(C)C)cc1N. The van der Waals surface area contributed by atoms with E-state index in [4.69, 9.17) is 22.1 Å². The first kappa shape index (κ1) is 16.1. The lowest BCUT2D eigenvalue weighted by Gasteiger charge is -2.18. The Morgan fingerprint density at radius 1 is 1.32 bits per heavy atom. The number of nitrogens with zero attached hydrogens (tertiary/aromatic N) is 2. The summed E-state index contributed by atoms with van der Waals surface area (Å²) < 4.78 is 5.51. The highest BCUT2D eigenvalue weighted by atomic mass is 35.5. The number of carbonyl (C=O) groups is 1. The minimum atomic E-state index is -0.149. The first-order valence-corrected chi connectivity index (χ1v) is 7.22. The Bertz CT molecular complexity index is 691. The summed E-state index contributed by atoms with van der Waals surface area (Å²) >= 11 is 6.08. The average molecular weight is 320 g/mol. The zero-order chi connectivity index (χ0) is 16.3. The molecule has 1 aromatic carbocycles. The number of nitrogens with two attached hydrogens (primary N) is 1. The number of ether oxygens (including phenoxy) is 1. The third-order valence-corrected chi connectivity index (χ3v) is 3.35. The van der Waals surface area contributed by atoms with E-state index in [1.54, 1.807) is 18.2 Å². The maximum Gasteiger partial charge on any atom is 0.180 e. The van der Waals surface area contributed by atoms with Crippen molar-refractivity contribution in [3.8, 4) is 5.75 Å². The van der Waals surface area contributed by atoms with Gasteiger partial charge in [-0.3, -0.25) is 4.79 Å². The van der Waals surface area contributed by atoms with Crippen LogP contribution in [0.3, 0.4) is 0 Å². The van der Waals surface area contributed by atoms with Crippen molar-refractivity contribution < 1.29 is 9.53 Å². The molecule has 0 saturated carbocycles. The predicted octanol–water partition coefficient (Wildman–Crippen LogP) is 3.07. The van der Waals surface area contributed by atoms with Gasteiger partial charge in [0.1, 0.15) is 5.75 Å². The second-order valence-electron chi connectivity index (χ2n) is 4.93. The van der Waals surface area contributed by atoms with E-state index in [2.05, 4.69) is 4.99 Å². The summed E-state index contributed by atoms with van der Waals surface area (Å²) in [5.74, 6) is 0.424. The molecule has 0 heterocycles. The van der Waals surface area contributed by atoms with Gasteiger partial charge in [0, 0.05) is 26.2 Å². The van der Waals surface area contributed by atoms with Crippen LogP contribution < -0.4 is 15.4 Å². The fourth-order valence-electron chi connectivity index (χ4n) is 2.01. The van der Waals surface area contributed by atoms with Crippen molar-refractivity contribution in [3.63, 3.8) is 0 Å². The van der Waals surface area contributed by atoms with Gasteiger partial charge in [0.2, 0.25) is 0 Å². The minimum absolute atomic E-state index is 0.149. The van der Waals surface area contributed by atoms with Crippen molar-refractivity contribution in [2.75, 3.05) is 31.3 Å². The van der Waals surface area contributed by atoms with E-state index in [-0.39, 0.29) is 5.78 Å². The lowest BCUT2D eigenvalue weighted by Crippen LogP contribution is -2.11. The van der Waals surface area contributed by atoms with Crippen LogP contribution in [-0.2, 0) is 4.79 Å². The van der Waals surface area contributed by atoms with E-state index in [9.17, 15) is 4.79 Å². The average Bonchev–Trinajstić information content (AvgIpc) is 2.45. The fraction of sp³-hybridized carbons (Fsp3) is 0.250. The summed E-state index contributed by atoms with van der Waals surface area (Å²) in [6.45, 7) is 2.40. The molecule has 6 heteroatoms. The number of ketones is 1. The summed E-state index contributed by atoms with van der Waals surface area (Å²) in [5.41, 5.74) is 8.57. The molecular weight excluding hydrogens is 302 g/mol. The summed E-state index contributed by atoms with van der Waals surface area (Å²) in [5, 5.41) is 0.312. The van der Waals surface area contributed by atoms with Crippen LogP contribution in [0.2, 0.25) is 0 Å². The highest BCUT2D eigenvalue weighted by molar-refractivity contribution is 6.48. The number of rotatable bonds is 4. The molecule has 1 aliphatic carbocycles. The highest BCUT2D eigenvalue weighted by Crippen LogP contribution is 2.37. The predicted molar refractivity (Wildman–Crippen MR) is 91.5 cm³/mol. The molecule has 0 radical (unpaired) electrons. The Kier molecular flexibility index (Phi) is 4.88. The number of halogens is 1. The molecule has 0 aromatic heterocycles. The van der Waals surface area contributed by atoms with Gasteiger partial charge < -0.3 is 15.4 Å². The molecular formula is C16H18ClN3O2. The van der Waals surface area contributed by atoms with Crippen LogP contribution in [0.5, 0.6) is 5.75 Å². The number of benzene rings is 1. The van der Waals surface area contributed by atoms with Crippen molar-refractivity contribution >= 4 is 40.2 Å². The van der Waals surface area contributed by atoms with Crippen molar-refractivity contribution in [1.82, 2.24) is 0 Å². The second-order valence-corrected chi connectivity index (χ2v) is 5.34. The molecule has 1 aliphatic rings. The summed E-state index contributed by atoms with van der Waals surface area (Å²) in [7, 11) is 3.80. The van der Waals surface area contributed by atoms with Gasteiger partial charge in [0.25, 0.3) is 0 Å². The Morgan fingerprint density at radius 2 is 2.05 bits per heavy atom. The molecule has 0 spiro atoms. The maximum absolute atomic E-state index is 11.3. The molecule has 2 rings (SSSR count). The number of hydrogen-bond donors (Lipinski definition) is 1. The molecule has 0 atom stereocenters. The van der Waals surface area contributed by atoms with E-state index in [1.807, 2.05) is 25.9 Å². The molecule has 0 unspecified atom stereocenters. The molecule has 0 amide bonds. The molecule has 5 nitrogen and oxygen atoms in total. The topological polar surface area (TPSA) is 67.9 Å². The van der Waals surface area contributed by atoms with E-state index in [0.29, 0.717) is 34.5 Å². The van der Waals surface area contributed by atoms with Gasteiger partial charge in [-0.2, -0.15) is 0 Å². The van der Waals surface area contributed by atoms with Gasteiger partial charge in [0.15, 0.2) is 5.78 Å². The van der Waals surface area contributed by atoms with Crippen LogP contribution in [0, 0.1) is 0 Å². The highest BCUT2D eigenvalue weighted by Gasteiger charge is 2.14. The maximum atomic E-state index is 11.3. The van der Waals surface area contributed by atoms with Gasteiger partial charge in [-0.1, -0.05) is 11.6 Å². The summed E-state index contributed by atoms with van der Waals surface area (Å²) in [6.07, 6.45) is 4.37. The van der Waals surface area contributed by atoms with E-state index in [1.165, 1.54) is 12.2 Å². The molecule has 116 valence electrons. The van der Waals surface area contributed by atoms with Gasteiger partial charge in [-0.25, -0.2) is 4.99 Å². The first-order valence-electron chi connectivity index (χ1n) is 6.84.